The summed E-state index contributed by atoms with van der Waals surface area (Å²) in [6.07, 6.45) is -0.369. The second kappa shape index (κ2) is 4.90. The van der Waals surface area contributed by atoms with Crippen molar-refractivity contribution >= 4 is 0 Å². The van der Waals surface area contributed by atoms with E-state index in [1.807, 2.05) is 0 Å². The molecule has 0 aromatic carbocycles. The third-order valence-corrected chi connectivity index (χ3v) is 1.59. The molecule has 13 heavy (non-hydrogen) atoms. The van der Waals surface area contributed by atoms with E-state index in [0.717, 1.165) is 6.08 Å². The SMILES string of the molecule is C=CC/C(=C\C(C)=C/C)C(F)(F)F. The lowest BCUT2D eigenvalue weighted by molar-refractivity contribution is -0.0929. The number of alkyl halides is 3. The lowest BCUT2D eigenvalue weighted by Gasteiger charge is -2.09. The van der Waals surface area contributed by atoms with Crippen molar-refractivity contribution < 1.29 is 13.2 Å². The van der Waals surface area contributed by atoms with Crippen molar-refractivity contribution in [2.45, 2.75) is 26.4 Å². The van der Waals surface area contributed by atoms with Crippen LogP contribution in [0.15, 0.2) is 36.0 Å². The van der Waals surface area contributed by atoms with Crippen LogP contribution in [0.5, 0.6) is 0 Å². The largest absolute Gasteiger partial charge is 0.413 e. The maximum atomic E-state index is 12.3. The molecule has 0 spiro atoms. The van der Waals surface area contributed by atoms with Crippen LogP contribution in [0.25, 0.3) is 0 Å². The highest BCUT2D eigenvalue weighted by Gasteiger charge is 2.32. The smallest absolute Gasteiger partial charge is 0.166 e. The van der Waals surface area contributed by atoms with E-state index >= 15 is 0 Å². The number of hydrogen-bond donors (Lipinski definition) is 0. The molecule has 0 bridgehead atoms. The summed E-state index contributed by atoms with van der Waals surface area (Å²) in [7, 11) is 0. The lowest BCUT2D eigenvalue weighted by Crippen LogP contribution is -2.11. The molecule has 0 amide bonds. The van der Waals surface area contributed by atoms with Gasteiger partial charge in [0.05, 0.1) is 0 Å². The molecule has 0 unspecified atom stereocenters. The Kier molecular flexibility index (Phi) is 4.52. The summed E-state index contributed by atoms with van der Waals surface area (Å²) in [4.78, 5) is 0. The van der Waals surface area contributed by atoms with Gasteiger partial charge < -0.3 is 0 Å². The summed E-state index contributed by atoms with van der Waals surface area (Å²) >= 11 is 0. The highest BCUT2D eigenvalue weighted by Crippen LogP contribution is 2.29. The first-order valence-corrected chi connectivity index (χ1v) is 3.93. The number of halogens is 3. The Morgan fingerprint density at radius 3 is 2.23 bits per heavy atom. The predicted octanol–water partition coefficient (Wildman–Crippen LogP) is 4.02. The fraction of sp³-hybridized carbons (Fsp3) is 0.400. The molecule has 0 N–H and O–H groups in total. The molecule has 3 heteroatoms. The fourth-order valence-electron chi connectivity index (χ4n) is 0.770. The molecular weight excluding hydrogens is 177 g/mol. The van der Waals surface area contributed by atoms with Crippen LogP contribution >= 0.6 is 0 Å². The van der Waals surface area contributed by atoms with E-state index in [-0.39, 0.29) is 6.42 Å². The standard InChI is InChI=1S/C10H13F3/c1-4-6-9(10(11,12)13)7-8(3)5-2/h4-5,7H,1,6H2,2-3H3/b8-5-,9-7+. The molecule has 0 aliphatic rings. The zero-order valence-corrected chi connectivity index (χ0v) is 7.78. The third kappa shape index (κ3) is 4.55. The summed E-state index contributed by atoms with van der Waals surface area (Å²) in [6, 6.07) is 0. The van der Waals surface area contributed by atoms with Gasteiger partial charge in [-0.3, -0.25) is 0 Å². The minimum absolute atomic E-state index is 0.144. The van der Waals surface area contributed by atoms with Gasteiger partial charge in [-0.15, -0.1) is 6.58 Å². The number of rotatable bonds is 3. The molecule has 0 saturated heterocycles. The van der Waals surface area contributed by atoms with Gasteiger partial charge in [0.2, 0.25) is 0 Å². The van der Waals surface area contributed by atoms with Crippen molar-refractivity contribution in [2.75, 3.05) is 0 Å². The van der Waals surface area contributed by atoms with Crippen LogP contribution in [-0.2, 0) is 0 Å². The second-order valence-corrected chi connectivity index (χ2v) is 2.69. The molecule has 0 rings (SSSR count). The van der Waals surface area contributed by atoms with Crippen LogP contribution in [0.2, 0.25) is 0 Å². The molecule has 0 heterocycles. The van der Waals surface area contributed by atoms with Crippen molar-refractivity contribution in [3.05, 3.63) is 36.0 Å². The topological polar surface area (TPSA) is 0 Å². The average Bonchev–Trinajstić information content (AvgIpc) is 2.01. The minimum Gasteiger partial charge on any atom is -0.166 e. The molecule has 0 aliphatic heterocycles. The molecular formula is C10H13F3. The molecule has 0 fully saturated rings. The fourth-order valence-corrected chi connectivity index (χ4v) is 0.770. The average molecular weight is 190 g/mol. The first-order chi connectivity index (χ1) is 5.91. The summed E-state index contributed by atoms with van der Waals surface area (Å²) < 4.78 is 36.8. The van der Waals surface area contributed by atoms with E-state index in [9.17, 15) is 13.2 Å². The van der Waals surface area contributed by atoms with Crippen molar-refractivity contribution in [2.24, 2.45) is 0 Å². The van der Waals surface area contributed by atoms with Crippen LogP contribution in [0, 0.1) is 0 Å². The third-order valence-electron chi connectivity index (χ3n) is 1.59. The highest BCUT2D eigenvalue weighted by atomic mass is 19.4. The monoisotopic (exact) mass is 190 g/mol. The normalized spacial score (nSPS) is 14.5. The number of allylic oxidation sites excluding steroid dienone is 5. The van der Waals surface area contributed by atoms with E-state index in [1.165, 1.54) is 6.08 Å². The Balaban J connectivity index is 4.80. The summed E-state index contributed by atoms with van der Waals surface area (Å²) in [5.41, 5.74) is 0.0484. The Morgan fingerprint density at radius 1 is 1.38 bits per heavy atom. The van der Waals surface area contributed by atoms with Crippen LogP contribution in [0.1, 0.15) is 20.3 Å². The van der Waals surface area contributed by atoms with Crippen LogP contribution in [0.4, 0.5) is 13.2 Å². The lowest BCUT2D eigenvalue weighted by atomic mass is 10.1. The summed E-state index contributed by atoms with van der Waals surface area (Å²) in [6.45, 7) is 6.62. The Hall–Kier alpha value is -0.990. The van der Waals surface area contributed by atoms with Crippen LogP contribution in [-0.4, -0.2) is 6.18 Å². The molecule has 0 aliphatic carbocycles. The van der Waals surface area contributed by atoms with Gasteiger partial charge in [-0.05, 0) is 20.3 Å². The van der Waals surface area contributed by atoms with Crippen molar-refractivity contribution in [1.29, 1.82) is 0 Å². The van der Waals surface area contributed by atoms with Crippen molar-refractivity contribution in [3.63, 3.8) is 0 Å². The zero-order chi connectivity index (χ0) is 10.5. The molecule has 74 valence electrons. The number of hydrogen-bond acceptors (Lipinski definition) is 0. The van der Waals surface area contributed by atoms with Crippen molar-refractivity contribution in [3.8, 4) is 0 Å². The van der Waals surface area contributed by atoms with Gasteiger partial charge >= 0.3 is 6.18 Å². The Morgan fingerprint density at radius 2 is 1.92 bits per heavy atom. The Bertz CT molecular complexity index is 231. The molecule has 0 atom stereocenters. The summed E-state index contributed by atoms with van der Waals surface area (Å²) in [5, 5.41) is 0. The molecule has 0 aromatic heterocycles. The van der Waals surface area contributed by atoms with E-state index in [4.69, 9.17) is 0 Å². The first-order valence-electron chi connectivity index (χ1n) is 3.93. The van der Waals surface area contributed by atoms with Gasteiger partial charge in [0.1, 0.15) is 0 Å². The summed E-state index contributed by atoms with van der Waals surface area (Å²) in [5.74, 6) is 0. The highest BCUT2D eigenvalue weighted by molar-refractivity contribution is 5.25. The van der Waals surface area contributed by atoms with E-state index in [2.05, 4.69) is 6.58 Å². The van der Waals surface area contributed by atoms with Crippen LogP contribution in [0.3, 0.4) is 0 Å². The van der Waals surface area contributed by atoms with Gasteiger partial charge in [0, 0.05) is 5.57 Å². The molecule has 0 aromatic rings. The zero-order valence-electron chi connectivity index (χ0n) is 7.78. The minimum atomic E-state index is -4.25. The van der Waals surface area contributed by atoms with Gasteiger partial charge in [-0.2, -0.15) is 13.2 Å². The van der Waals surface area contributed by atoms with Gasteiger partial charge in [-0.25, -0.2) is 0 Å². The van der Waals surface area contributed by atoms with Gasteiger partial charge in [-0.1, -0.05) is 23.8 Å². The molecule has 0 saturated carbocycles. The first kappa shape index (κ1) is 12.0. The Labute approximate surface area is 76.5 Å². The maximum Gasteiger partial charge on any atom is 0.413 e. The van der Waals surface area contributed by atoms with E-state index in [0.29, 0.717) is 5.57 Å². The maximum absolute atomic E-state index is 12.3. The van der Waals surface area contributed by atoms with Crippen molar-refractivity contribution in [1.82, 2.24) is 0 Å². The van der Waals surface area contributed by atoms with E-state index in [1.54, 1.807) is 19.9 Å². The predicted molar refractivity (Wildman–Crippen MR) is 48.4 cm³/mol. The molecule has 0 nitrogen and oxygen atoms in total. The van der Waals surface area contributed by atoms with Crippen LogP contribution < -0.4 is 0 Å². The van der Waals surface area contributed by atoms with E-state index < -0.39 is 11.7 Å². The molecule has 0 radical (unpaired) electrons. The van der Waals surface area contributed by atoms with Gasteiger partial charge in [0.15, 0.2) is 0 Å². The second-order valence-electron chi connectivity index (χ2n) is 2.69. The van der Waals surface area contributed by atoms with Gasteiger partial charge in [0.25, 0.3) is 0 Å². The quantitative estimate of drug-likeness (QED) is 0.465.